The zero-order valence-corrected chi connectivity index (χ0v) is 58.8. The molecule has 0 aromatic heterocycles. The van der Waals surface area contributed by atoms with Gasteiger partial charge in [0, 0.05) is 0 Å². The maximum absolute atomic E-state index is 9.61. The third kappa shape index (κ3) is 105. The van der Waals surface area contributed by atoms with Gasteiger partial charge in [-0.1, -0.05) is 367 Å². The molecule has 0 heterocycles. The molecule has 0 amide bonds. The van der Waals surface area contributed by atoms with Gasteiger partial charge in [-0.3, -0.25) is 0 Å². The summed E-state index contributed by atoms with van der Waals surface area (Å²) in [6.07, 6.45) is 85.1. The second kappa shape index (κ2) is 73.5. The maximum atomic E-state index is 9.61. The summed E-state index contributed by atoms with van der Waals surface area (Å²) in [7, 11) is 7.77. The van der Waals surface area contributed by atoms with Gasteiger partial charge in [-0.2, -0.15) is 13.9 Å². The van der Waals surface area contributed by atoms with E-state index in [0.29, 0.717) is 0 Å². The van der Waals surface area contributed by atoms with Crippen molar-refractivity contribution in [3.05, 3.63) is 0 Å². The lowest BCUT2D eigenvalue weighted by atomic mass is 10.0. The molecule has 10 heteroatoms. The van der Waals surface area contributed by atoms with Crippen molar-refractivity contribution in [1.82, 2.24) is 0 Å². The Morgan fingerprint density at radius 2 is 0.256 bits per heavy atom. The molecule has 0 radical (unpaired) electrons. The predicted molar refractivity (Wildman–Crippen MR) is 357 cm³/mol. The molecule has 0 aromatic carbocycles. The van der Waals surface area contributed by atoms with Gasteiger partial charge < -0.3 is 23.3 Å². The average Bonchev–Trinajstić information content (AvgIpc) is 3.41. The summed E-state index contributed by atoms with van der Waals surface area (Å²) in [6, 6.07) is 0. The molecule has 0 saturated carbocycles. The number of quaternary nitrogens is 3. The van der Waals surface area contributed by atoms with Crippen LogP contribution < -0.4 is 14.7 Å². The lowest BCUT2D eigenvalue weighted by Gasteiger charge is -2.39. The SMILES string of the molecule is CCCCCCCCCCCCCCCCCCCCCC[N+](C)(C)O.CCCCCCCCCCCCCCCCCCCCCC[N+](C)(C)O.CCCCCCCCCCCCCCCCCCCCCC[N+](C)(C)O.[O-]P([O-])[O-]. The molecule has 0 rings (SSSR count). The van der Waals surface area contributed by atoms with Crippen molar-refractivity contribution in [2.45, 2.75) is 406 Å². The molecular weight excluding hydrogens is 1030 g/mol. The van der Waals surface area contributed by atoms with Crippen molar-refractivity contribution >= 4 is 8.60 Å². The van der Waals surface area contributed by atoms with Crippen LogP contribution in [0, 0.1) is 0 Å². The Morgan fingerprint density at radius 3 is 0.329 bits per heavy atom. The minimum Gasteiger partial charge on any atom is -0.854 e. The van der Waals surface area contributed by atoms with Gasteiger partial charge in [-0.05, 0) is 38.5 Å². The van der Waals surface area contributed by atoms with Crippen molar-refractivity contribution < 1.29 is 44.2 Å². The lowest BCUT2D eigenvalue weighted by molar-refractivity contribution is -1.07. The Labute approximate surface area is 518 Å². The van der Waals surface area contributed by atoms with E-state index in [2.05, 4.69) is 20.8 Å². The number of unbranched alkanes of at least 4 members (excludes halogenated alkanes) is 57. The second-order valence-corrected chi connectivity index (χ2v) is 27.9. The second-order valence-electron chi connectivity index (χ2n) is 27.4. The number of hydrogen-bond donors (Lipinski definition) is 3. The van der Waals surface area contributed by atoms with Crippen LogP contribution in [0.5, 0.6) is 0 Å². The van der Waals surface area contributed by atoms with Gasteiger partial charge in [-0.15, -0.1) is 0 Å². The fourth-order valence-corrected chi connectivity index (χ4v) is 11.3. The van der Waals surface area contributed by atoms with E-state index in [1.165, 1.54) is 366 Å². The standard InChI is InChI=1S/3C24H52NO.O3P/c3*1-4-5-6-7-8-9-10-11-12-13-14-15-16-17-18-19-20-21-22-23-24-25(2,3)26;1-4(2)3/h3*26H,4-24H2,1-3H3;/q3*+1;-3. The summed E-state index contributed by atoms with van der Waals surface area (Å²) in [5.41, 5.74) is 0. The van der Waals surface area contributed by atoms with Crippen molar-refractivity contribution in [2.24, 2.45) is 0 Å². The molecule has 0 fully saturated rings. The van der Waals surface area contributed by atoms with E-state index in [1.807, 2.05) is 42.3 Å². The highest BCUT2D eigenvalue weighted by molar-refractivity contribution is 7.33. The topological polar surface area (TPSA) is 130 Å². The first kappa shape index (κ1) is 88.5. The molecule has 9 nitrogen and oxygen atoms in total. The highest BCUT2D eigenvalue weighted by Crippen LogP contribution is 2.19. The van der Waals surface area contributed by atoms with Crippen LogP contribution in [0.15, 0.2) is 0 Å². The smallest absolute Gasteiger partial charge is 0.108 e. The van der Waals surface area contributed by atoms with E-state index in [1.54, 1.807) is 0 Å². The van der Waals surface area contributed by atoms with Crippen LogP contribution in [0.3, 0.4) is 0 Å². The van der Waals surface area contributed by atoms with Crippen molar-refractivity contribution in [2.75, 3.05) is 61.9 Å². The Bertz CT molecular complexity index is 969. The molecule has 82 heavy (non-hydrogen) atoms. The van der Waals surface area contributed by atoms with E-state index in [-0.39, 0.29) is 13.9 Å². The van der Waals surface area contributed by atoms with Crippen molar-refractivity contribution in [3.63, 3.8) is 0 Å². The van der Waals surface area contributed by atoms with Crippen molar-refractivity contribution in [3.8, 4) is 0 Å². The number of rotatable bonds is 63. The summed E-state index contributed by atoms with van der Waals surface area (Å²) in [5, 5.41) is 28.8. The number of hydrogen-bond acceptors (Lipinski definition) is 6. The molecule has 500 valence electrons. The molecule has 0 aromatic rings. The first-order valence-electron chi connectivity index (χ1n) is 36.9. The predicted octanol–water partition coefficient (Wildman–Crippen LogP) is 22.1. The Hall–Kier alpha value is 0.0700. The third-order valence-electron chi connectivity index (χ3n) is 16.7. The zero-order chi connectivity index (χ0) is 61.6. The monoisotopic (exact) mass is 1190 g/mol. The van der Waals surface area contributed by atoms with Crippen LogP contribution in [-0.4, -0.2) is 91.5 Å². The van der Waals surface area contributed by atoms with E-state index in [9.17, 15) is 15.6 Å². The van der Waals surface area contributed by atoms with E-state index >= 15 is 0 Å². The lowest BCUT2D eigenvalue weighted by Crippen LogP contribution is -2.36. The molecule has 0 bridgehead atoms. The third-order valence-corrected chi connectivity index (χ3v) is 16.7. The summed E-state index contributed by atoms with van der Waals surface area (Å²) in [5.74, 6) is 0. The first-order chi connectivity index (χ1) is 39.4. The van der Waals surface area contributed by atoms with Crippen LogP contribution in [0.2, 0.25) is 0 Å². The highest BCUT2D eigenvalue weighted by atomic mass is 31.2. The fraction of sp³-hybridized carbons (Fsp3) is 1.00. The zero-order valence-electron chi connectivity index (χ0n) is 57.9. The largest absolute Gasteiger partial charge is 0.854 e. The quantitative estimate of drug-likeness (QED) is 0.0241. The van der Waals surface area contributed by atoms with E-state index in [4.69, 9.17) is 14.7 Å². The van der Waals surface area contributed by atoms with Gasteiger partial charge in [0.1, 0.15) is 19.6 Å². The molecule has 0 aliphatic rings. The Kier molecular flexibility index (Phi) is 79.4. The Morgan fingerprint density at radius 1 is 0.183 bits per heavy atom. The van der Waals surface area contributed by atoms with Crippen LogP contribution in [0.1, 0.15) is 406 Å². The summed E-state index contributed by atoms with van der Waals surface area (Å²) >= 11 is 0. The van der Waals surface area contributed by atoms with E-state index < -0.39 is 8.60 Å². The molecule has 3 N–H and O–H groups in total. The number of hydroxylamine groups is 9. The van der Waals surface area contributed by atoms with Gasteiger partial charge in [0.05, 0.1) is 42.3 Å². The molecule has 0 atom stereocenters. The summed E-state index contributed by atoms with van der Waals surface area (Å²) < 4.78 is 0.372. The fourth-order valence-electron chi connectivity index (χ4n) is 11.3. The first-order valence-corrected chi connectivity index (χ1v) is 38.0. The van der Waals surface area contributed by atoms with Crippen LogP contribution in [-0.2, 0) is 0 Å². The molecule has 0 spiro atoms. The minimum atomic E-state index is -3.37. The molecule has 0 unspecified atom stereocenters. The summed E-state index contributed by atoms with van der Waals surface area (Å²) in [4.78, 5) is 25.4. The number of nitrogens with zero attached hydrogens (tertiary/aromatic N) is 3. The molecule has 0 aliphatic heterocycles. The highest BCUT2D eigenvalue weighted by Gasteiger charge is 2.11. The minimum absolute atomic E-state index is 0.124. The molecular formula is C72H156N3O6P. The maximum Gasteiger partial charge on any atom is 0.108 e. The summed E-state index contributed by atoms with van der Waals surface area (Å²) in [6.45, 7) is 9.55. The normalized spacial score (nSPS) is 11.9. The van der Waals surface area contributed by atoms with Crippen LogP contribution >= 0.6 is 8.60 Å². The van der Waals surface area contributed by atoms with Gasteiger partial charge in [0.15, 0.2) is 0 Å². The van der Waals surface area contributed by atoms with Gasteiger partial charge in [0.2, 0.25) is 0 Å². The van der Waals surface area contributed by atoms with Crippen LogP contribution in [0.4, 0.5) is 0 Å². The van der Waals surface area contributed by atoms with Gasteiger partial charge >= 0.3 is 0 Å². The molecule has 0 saturated heterocycles. The van der Waals surface area contributed by atoms with Crippen molar-refractivity contribution in [1.29, 1.82) is 0 Å². The van der Waals surface area contributed by atoms with Gasteiger partial charge in [0.25, 0.3) is 0 Å². The average molecular weight is 1190 g/mol. The Balaban J connectivity index is -0.000000537. The van der Waals surface area contributed by atoms with Gasteiger partial charge in [-0.25, -0.2) is 15.6 Å². The van der Waals surface area contributed by atoms with Crippen LogP contribution in [0.25, 0.3) is 0 Å². The van der Waals surface area contributed by atoms with E-state index in [0.717, 1.165) is 38.9 Å². The molecule has 0 aliphatic carbocycles.